The molecule has 0 bridgehead atoms. The second-order valence-corrected chi connectivity index (χ2v) is 6.58. The number of nitrogens with zero attached hydrogens (tertiary/aromatic N) is 2. The van der Waals surface area contributed by atoms with E-state index in [0.717, 1.165) is 17.3 Å². The predicted molar refractivity (Wildman–Crippen MR) is 86.2 cm³/mol. The van der Waals surface area contributed by atoms with Crippen molar-refractivity contribution in [1.82, 2.24) is 9.88 Å². The molecule has 114 valence electrons. The van der Waals surface area contributed by atoms with Crippen molar-refractivity contribution in [1.29, 1.82) is 0 Å². The molecule has 6 heteroatoms. The van der Waals surface area contributed by atoms with E-state index in [4.69, 9.17) is 11.6 Å². The molecular formula is C16H13BrClFN2O. The average Bonchev–Trinajstić information content (AvgIpc) is 3.31. The Morgan fingerprint density at radius 1 is 1.41 bits per heavy atom. The molecule has 22 heavy (non-hydrogen) atoms. The number of rotatable bonds is 4. The molecule has 1 saturated carbocycles. The molecule has 1 heterocycles. The summed E-state index contributed by atoms with van der Waals surface area (Å²) in [6.07, 6.45) is 5.00. The van der Waals surface area contributed by atoms with Crippen molar-refractivity contribution in [2.75, 3.05) is 0 Å². The van der Waals surface area contributed by atoms with Crippen molar-refractivity contribution in [2.45, 2.75) is 25.4 Å². The minimum absolute atomic E-state index is 0.141. The molecule has 0 N–H and O–H groups in total. The Balaban J connectivity index is 1.89. The Labute approximate surface area is 141 Å². The van der Waals surface area contributed by atoms with Crippen LogP contribution in [0.2, 0.25) is 5.02 Å². The van der Waals surface area contributed by atoms with Gasteiger partial charge in [-0.2, -0.15) is 0 Å². The molecule has 0 atom stereocenters. The zero-order valence-electron chi connectivity index (χ0n) is 11.6. The lowest BCUT2D eigenvalue weighted by Crippen LogP contribution is -2.33. The summed E-state index contributed by atoms with van der Waals surface area (Å²) in [5, 5.41) is 0.339. The second kappa shape index (κ2) is 6.34. The number of halogens is 3. The third kappa shape index (κ3) is 3.31. The Bertz CT molecular complexity index is 701. The van der Waals surface area contributed by atoms with Gasteiger partial charge in [0, 0.05) is 33.5 Å². The molecule has 1 amide bonds. The van der Waals surface area contributed by atoms with E-state index in [2.05, 4.69) is 20.9 Å². The fourth-order valence-electron chi connectivity index (χ4n) is 2.30. The molecule has 1 aliphatic carbocycles. The molecule has 3 rings (SSSR count). The van der Waals surface area contributed by atoms with Crippen LogP contribution >= 0.6 is 27.5 Å². The van der Waals surface area contributed by atoms with Crippen molar-refractivity contribution in [3.63, 3.8) is 0 Å². The van der Waals surface area contributed by atoms with Crippen LogP contribution in [-0.4, -0.2) is 21.8 Å². The average molecular weight is 384 g/mol. The van der Waals surface area contributed by atoms with Gasteiger partial charge in [0.25, 0.3) is 5.91 Å². The van der Waals surface area contributed by atoms with Gasteiger partial charge in [0.2, 0.25) is 0 Å². The lowest BCUT2D eigenvalue weighted by Gasteiger charge is -2.23. The van der Waals surface area contributed by atoms with Crippen molar-refractivity contribution in [3.05, 3.63) is 63.1 Å². The third-order valence-corrected chi connectivity index (χ3v) is 4.38. The van der Waals surface area contributed by atoms with Gasteiger partial charge >= 0.3 is 0 Å². The molecule has 0 radical (unpaired) electrons. The van der Waals surface area contributed by atoms with Crippen molar-refractivity contribution < 1.29 is 9.18 Å². The van der Waals surface area contributed by atoms with Gasteiger partial charge in [-0.25, -0.2) is 4.39 Å². The Hall–Kier alpha value is -1.46. The molecule has 1 aromatic heterocycles. The van der Waals surface area contributed by atoms with E-state index < -0.39 is 5.82 Å². The van der Waals surface area contributed by atoms with Crippen LogP contribution in [0.1, 0.15) is 28.8 Å². The Morgan fingerprint density at radius 3 is 2.82 bits per heavy atom. The lowest BCUT2D eigenvalue weighted by atomic mass is 10.1. The number of amides is 1. The minimum Gasteiger partial charge on any atom is -0.331 e. The number of pyridine rings is 1. The van der Waals surface area contributed by atoms with Gasteiger partial charge in [-0.05, 0) is 47.0 Å². The van der Waals surface area contributed by atoms with Crippen LogP contribution in [0, 0.1) is 5.82 Å². The summed E-state index contributed by atoms with van der Waals surface area (Å²) in [6, 6.07) is 6.41. The van der Waals surface area contributed by atoms with Crippen LogP contribution in [0.15, 0.2) is 41.1 Å². The predicted octanol–water partition coefficient (Wildman–Crippen LogP) is 4.44. The van der Waals surface area contributed by atoms with Gasteiger partial charge in [-0.1, -0.05) is 17.7 Å². The smallest absolute Gasteiger partial charge is 0.256 e. The van der Waals surface area contributed by atoms with Gasteiger partial charge in [0.15, 0.2) is 0 Å². The summed E-state index contributed by atoms with van der Waals surface area (Å²) < 4.78 is 14.7. The Morgan fingerprint density at radius 2 is 2.18 bits per heavy atom. The molecule has 0 unspecified atom stereocenters. The zero-order chi connectivity index (χ0) is 15.7. The molecule has 1 aliphatic rings. The SMILES string of the molecule is O=C(c1cncc(Br)c1)N(Cc1c(F)cccc1Cl)C1CC1. The van der Waals surface area contributed by atoms with Crippen LogP contribution in [0.5, 0.6) is 0 Å². The first-order chi connectivity index (χ1) is 10.6. The van der Waals surface area contributed by atoms with Crippen molar-refractivity contribution in [3.8, 4) is 0 Å². The van der Waals surface area contributed by atoms with E-state index in [1.807, 2.05) is 0 Å². The largest absolute Gasteiger partial charge is 0.331 e. The summed E-state index contributed by atoms with van der Waals surface area (Å²) in [5.74, 6) is -0.547. The maximum absolute atomic E-state index is 14.0. The fraction of sp³-hybridized carbons (Fsp3) is 0.250. The maximum Gasteiger partial charge on any atom is 0.256 e. The first kappa shape index (κ1) is 15.4. The highest BCUT2D eigenvalue weighted by molar-refractivity contribution is 9.10. The molecule has 2 aromatic rings. The van der Waals surface area contributed by atoms with E-state index in [0.29, 0.717) is 16.1 Å². The highest BCUT2D eigenvalue weighted by atomic mass is 79.9. The number of hydrogen-bond acceptors (Lipinski definition) is 2. The number of carbonyl (C=O) groups excluding carboxylic acids is 1. The van der Waals surface area contributed by atoms with Crippen LogP contribution < -0.4 is 0 Å². The summed E-state index contributed by atoms with van der Waals surface area (Å²) >= 11 is 9.38. The van der Waals surface area contributed by atoms with Crippen molar-refractivity contribution in [2.24, 2.45) is 0 Å². The molecule has 1 aromatic carbocycles. The first-order valence-corrected chi connectivity index (χ1v) is 8.08. The number of hydrogen-bond donors (Lipinski definition) is 0. The summed E-state index contributed by atoms with van der Waals surface area (Å²) in [4.78, 5) is 18.4. The Kier molecular flexibility index (Phi) is 4.45. The standard InChI is InChI=1S/C16H13BrClFN2O/c17-11-6-10(7-20-8-11)16(22)21(12-4-5-12)9-13-14(18)2-1-3-15(13)19/h1-3,6-8,12H,4-5,9H2. The number of aromatic nitrogens is 1. The minimum atomic E-state index is -0.390. The summed E-state index contributed by atoms with van der Waals surface area (Å²) in [6.45, 7) is 0.168. The quantitative estimate of drug-likeness (QED) is 0.782. The molecule has 0 saturated heterocycles. The fourth-order valence-corrected chi connectivity index (χ4v) is 2.89. The highest BCUT2D eigenvalue weighted by Gasteiger charge is 2.34. The van der Waals surface area contributed by atoms with E-state index >= 15 is 0 Å². The van der Waals surface area contributed by atoms with Crippen LogP contribution in [-0.2, 0) is 6.54 Å². The molecular weight excluding hydrogens is 371 g/mol. The summed E-state index contributed by atoms with van der Waals surface area (Å²) in [5.41, 5.74) is 0.834. The van der Waals surface area contributed by atoms with Crippen LogP contribution in [0.3, 0.4) is 0 Å². The summed E-state index contributed by atoms with van der Waals surface area (Å²) in [7, 11) is 0. The maximum atomic E-state index is 14.0. The lowest BCUT2D eigenvalue weighted by molar-refractivity contribution is 0.0728. The van der Waals surface area contributed by atoms with Gasteiger partial charge < -0.3 is 4.90 Å². The molecule has 1 fully saturated rings. The molecule has 3 nitrogen and oxygen atoms in total. The molecule has 0 spiro atoms. The van der Waals surface area contributed by atoms with Crippen molar-refractivity contribution >= 4 is 33.4 Å². The van der Waals surface area contributed by atoms with E-state index in [1.54, 1.807) is 29.3 Å². The number of benzene rings is 1. The zero-order valence-corrected chi connectivity index (χ0v) is 13.9. The highest BCUT2D eigenvalue weighted by Crippen LogP contribution is 2.32. The van der Waals surface area contributed by atoms with Gasteiger partial charge in [0.05, 0.1) is 12.1 Å². The van der Waals surface area contributed by atoms with Crippen LogP contribution in [0.25, 0.3) is 0 Å². The third-order valence-electron chi connectivity index (χ3n) is 3.59. The number of carbonyl (C=O) groups is 1. The van der Waals surface area contributed by atoms with E-state index in [9.17, 15) is 9.18 Å². The van der Waals surface area contributed by atoms with E-state index in [1.165, 1.54) is 12.3 Å². The monoisotopic (exact) mass is 382 g/mol. The van der Waals surface area contributed by atoms with Gasteiger partial charge in [0.1, 0.15) is 5.82 Å². The molecule has 0 aliphatic heterocycles. The van der Waals surface area contributed by atoms with Crippen LogP contribution in [0.4, 0.5) is 4.39 Å². The first-order valence-electron chi connectivity index (χ1n) is 6.90. The normalized spacial score (nSPS) is 14.0. The van der Waals surface area contributed by atoms with E-state index in [-0.39, 0.29) is 18.5 Å². The second-order valence-electron chi connectivity index (χ2n) is 5.26. The topological polar surface area (TPSA) is 33.2 Å². The van der Waals surface area contributed by atoms with Gasteiger partial charge in [-0.15, -0.1) is 0 Å². The van der Waals surface area contributed by atoms with Gasteiger partial charge in [-0.3, -0.25) is 9.78 Å².